The second kappa shape index (κ2) is 12.5. The zero-order chi connectivity index (χ0) is 22.8. The van der Waals surface area contributed by atoms with Crippen LogP contribution < -0.4 is 0 Å². The van der Waals surface area contributed by atoms with Crippen LogP contribution in [0.25, 0.3) is 0 Å². The molecule has 0 spiro atoms. The molecule has 1 amide bonds. The molecule has 0 aromatic heterocycles. The van der Waals surface area contributed by atoms with Crippen molar-refractivity contribution in [2.45, 2.75) is 59.1 Å². The number of nitrogens with zero attached hydrogens (tertiary/aromatic N) is 1. The quantitative estimate of drug-likeness (QED) is 0.374. The van der Waals surface area contributed by atoms with Crippen LogP contribution >= 0.6 is 11.8 Å². The predicted molar refractivity (Wildman–Crippen MR) is 107 cm³/mol. The van der Waals surface area contributed by atoms with Gasteiger partial charge in [-0.3, -0.25) is 19.2 Å². The summed E-state index contributed by atoms with van der Waals surface area (Å²) in [6.07, 6.45) is -0.231. The van der Waals surface area contributed by atoms with Crippen molar-refractivity contribution >= 4 is 40.7 Å². The van der Waals surface area contributed by atoms with Crippen molar-refractivity contribution < 1.29 is 38.2 Å². The van der Waals surface area contributed by atoms with Gasteiger partial charge >= 0.3 is 17.9 Å². The van der Waals surface area contributed by atoms with Gasteiger partial charge < -0.3 is 19.1 Å². The molecule has 0 aromatic carbocycles. The summed E-state index contributed by atoms with van der Waals surface area (Å²) in [4.78, 5) is 61.5. The molecule has 0 bridgehead atoms. The van der Waals surface area contributed by atoms with E-state index in [-0.39, 0.29) is 23.7 Å². The Morgan fingerprint density at radius 1 is 1.00 bits per heavy atom. The highest BCUT2D eigenvalue weighted by atomic mass is 32.2. The van der Waals surface area contributed by atoms with E-state index in [0.29, 0.717) is 0 Å². The Labute approximate surface area is 175 Å². The normalized spacial score (nSPS) is 13.1. The lowest BCUT2D eigenvalue weighted by molar-refractivity contribution is -0.164. The highest BCUT2D eigenvalue weighted by molar-refractivity contribution is 8.13. The molecule has 0 saturated heterocycles. The van der Waals surface area contributed by atoms with E-state index >= 15 is 0 Å². The third-order valence-electron chi connectivity index (χ3n) is 3.66. The maximum Gasteiger partial charge on any atom is 0.328 e. The SMILES string of the molecule is COC(=O)CC[C@@H](C(=O)OC)N(CC(=O)OC(C)(C)C)C(=O)[C@H](C)CSC(C)=O. The fraction of sp³-hybridized carbons (Fsp3) is 0.737. The minimum atomic E-state index is -1.18. The van der Waals surface area contributed by atoms with E-state index < -0.39 is 47.9 Å². The van der Waals surface area contributed by atoms with Crippen LogP contribution in [0, 0.1) is 5.92 Å². The molecule has 0 rings (SSSR count). The van der Waals surface area contributed by atoms with Crippen molar-refractivity contribution in [1.82, 2.24) is 4.90 Å². The standard InChI is InChI=1S/C19H31NO8S/c1-12(11-29-13(2)21)17(24)20(10-16(23)28-19(3,4)5)14(18(25)27-7)8-9-15(22)26-6/h12,14H,8-11H2,1-7H3/t12-,14+/m1/s1. The van der Waals surface area contributed by atoms with Crippen LogP contribution in [-0.4, -0.2) is 72.0 Å². The van der Waals surface area contributed by atoms with Gasteiger partial charge in [-0.15, -0.1) is 0 Å². The van der Waals surface area contributed by atoms with Gasteiger partial charge in [0.05, 0.1) is 14.2 Å². The number of carbonyl (C=O) groups excluding carboxylic acids is 5. The number of esters is 3. The van der Waals surface area contributed by atoms with Crippen LogP contribution in [0.5, 0.6) is 0 Å². The molecule has 0 N–H and O–H groups in total. The fourth-order valence-corrected chi connectivity index (χ4v) is 2.97. The highest BCUT2D eigenvalue weighted by Crippen LogP contribution is 2.18. The predicted octanol–water partition coefficient (Wildman–Crippen LogP) is 1.57. The van der Waals surface area contributed by atoms with E-state index in [1.165, 1.54) is 14.0 Å². The summed E-state index contributed by atoms with van der Waals surface area (Å²) in [7, 11) is 2.36. The molecule has 0 aromatic rings. The Balaban J connectivity index is 5.69. The maximum atomic E-state index is 13.0. The van der Waals surface area contributed by atoms with Crippen LogP contribution in [0.2, 0.25) is 0 Å². The Morgan fingerprint density at radius 3 is 2.03 bits per heavy atom. The lowest BCUT2D eigenvalue weighted by Crippen LogP contribution is -2.51. The van der Waals surface area contributed by atoms with Crippen LogP contribution in [-0.2, 0) is 38.2 Å². The van der Waals surface area contributed by atoms with Crippen LogP contribution in [0.15, 0.2) is 0 Å². The Bertz CT molecular complexity index is 614. The van der Waals surface area contributed by atoms with Crippen LogP contribution in [0.4, 0.5) is 0 Å². The largest absolute Gasteiger partial charge is 0.469 e. The summed E-state index contributed by atoms with van der Waals surface area (Å²) in [6, 6.07) is -1.18. The zero-order valence-electron chi connectivity index (χ0n) is 18.1. The van der Waals surface area contributed by atoms with Gasteiger partial charge in [0.15, 0.2) is 5.12 Å². The number of hydrogen-bond donors (Lipinski definition) is 0. The molecule has 0 aliphatic heterocycles. The zero-order valence-corrected chi connectivity index (χ0v) is 18.9. The van der Waals surface area contributed by atoms with E-state index in [4.69, 9.17) is 9.47 Å². The van der Waals surface area contributed by atoms with E-state index in [0.717, 1.165) is 23.8 Å². The second-order valence-electron chi connectivity index (χ2n) is 7.41. The van der Waals surface area contributed by atoms with Crippen molar-refractivity contribution in [3.63, 3.8) is 0 Å². The molecule has 0 unspecified atom stereocenters. The van der Waals surface area contributed by atoms with Gasteiger partial charge in [0.25, 0.3) is 0 Å². The number of thioether (sulfide) groups is 1. The molecule has 2 atom stereocenters. The van der Waals surface area contributed by atoms with Gasteiger partial charge in [-0.25, -0.2) is 4.79 Å². The topological polar surface area (TPSA) is 116 Å². The van der Waals surface area contributed by atoms with Crippen molar-refractivity contribution in [1.29, 1.82) is 0 Å². The maximum absolute atomic E-state index is 13.0. The highest BCUT2D eigenvalue weighted by Gasteiger charge is 2.36. The van der Waals surface area contributed by atoms with Gasteiger partial charge in [-0.2, -0.15) is 0 Å². The smallest absolute Gasteiger partial charge is 0.328 e. The summed E-state index contributed by atoms with van der Waals surface area (Å²) in [6.45, 7) is 7.52. The molecule has 0 radical (unpaired) electrons. The van der Waals surface area contributed by atoms with Gasteiger partial charge in [-0.05, 0) is 27.2 Å². The Morgan fingerprint density at radius 2 is 1.59 bits per heavy atom. The van der Waals surface area contributed by atoms with Crippen molar-refractivity contribution in [3.8, 4) is 0 Å². The summed E-state index contributed by atoms with van der Waals surface area (Å²) < 4.78 is 14.6. The Kier molecular flexibility index (Phi) is 11.6. The number of amides is 1. The summed E-state index contributed by atoms with van der Waals surface area (Å²) in [5.41, 5.74) is -0.783. The van der Waals surface area contributed by atoms with E-state index in [2.05, 4.69) is 4.74 Å². The molecule has 9 nitrogen and oxygen atoms in total. The van der Waals surface area contributed by atoms with E-state index in [1.54, 1.807) is 27.7 Å². The van der Waals surface area contributed by atoms with E-state index in [1.807, 2.05) is 0 Å². The minimum Gasteiger partial charge on any atom is -0.469 e. The first-order valence-electron chi connectivity index (χ1n) is 9.12. The molecule has 29 heavy (non-hydrogen) atoms. The first-order valence-corrected chi connectivity index (χ1v) is 10.1. The number of ether oxygens (including phenoxy) is 3. The summed E-state index contributed by atoms with van der Waals surface area (Å²) >= 11 is 0.969. The van der Waals surface area contributed by atoms with Gasteiger partial charge in [0.2, 0.25) is 5.91 Å². The molecule has 10 heteroatoms. The lowest BCUT2D eigenvalue weighted by Gasteiger charge is -2.32. The summed E-state index contributed by atoms with van der Waals surface area (Å²) in [5, 5.41) is -0.154. The second-order valence-corrected chi connectivity index (χ2v) is 8.61. The Hall–Kier alpha value is -2.10. The molecular formula is C19H31NO8S. The monoisotopic (exact) mass is 433 g/mol. The number of methoxy groups -OCH3 is 2. The third kappa shape index (κ3) is 10.9. The average molecular weight is 434 g/mol. The lowest BCUT2D eigenvalue weighted by atomic mass is 10.1. The first kappa shape index (κ1) is 26.9. The van der Waals surface area contributed by atoms with Crippen molar-refractivity contribution in [3.05, 3.63) is 0 Å². The summed E-state index contributed by atoms with van der Waals surface area (Å²) in [5.74, 6) is -3.03. The molecule has 0 saturated carbocycles. The molecule has 166 valence electrons. The molecule has 0 heterocycles. The number of hydrogen-bond acceptors (Lipinski definition) is 9. The van der Waals surface area contributed by atoms with Gasteiger partial charge in [0.1, 0.15) is 18.2 Å². The van der Waals surface area contributed by atoms with Crippen LogP contribution in [0.1, 0.15) is 47.5 Å². The first-order chi connectivity index (χ1) is 13.3. The van der Waals surface area contributed by atoms with Crippen molar-refractivity contribution in [2.24, 2.45) is 5.92 Å². The van der Waals surface area contributed by atoms with Crippen molar-refractivity contribution in [2.75, 3.05) is 26.5 Å². The average Bonchev–Trinajstić information content (AvgIpc) is 2.62. The van der Waals surface area contributed by atoms with Crippen LogP contribution in [0.3, 0.4) is 0 Å². The minimum absolute atomic E-state index is 0.0829. The number of rotatable bonds is 10. The molecule has 0 aliphatic rings. The van der Waals surface area contributed by atoms with Gasteiger partial charge in [-0.1, -0.05) is 18.7 Å². The molecular weight excluding hydrogens is 402 g/mol. The third-order valence-corrected chi connectivity index (χ3v) is 4.73. The molecule has 0 fully saturated rings. The van der Waals surface area contributed by atoms with Gasteiger partial charge in [0, 0.05) is 25.0 Å². The fourth-order valence-electron chi connectivity index (χ4n) is 2.34. The van der Waals surface area contributed by atoms with E-state index in [9.17, 15) is 24.0 Å². The molecule has 0 aliphatic carbocycles. The number of carbonyl (C=O) groups is 5.